The number of hydrogen-bond acceptors (Lipinski definition) is 3. The number of carbonyl (C=O) groups excluding carboxylic acids is 1. The monoisotopic (exact) mass is 142 g/mol. The van der Waals surface area contributed by atoms with E-state index < -0.39 is 5.97 Å². The number of ether oxygens (including phenoxy) is 1. The van der Waals surface area contributed by atoms with Crippen LogP contribution in [0.2, 0.25) is 0 Å². The summed E-state index contributed by atoms with van der Waals surface area (Å²) in [7, 11) is 1.45. The summed E-state index contributed by atoms with van der Waals surface area (Å²) in [6.07, 6.45) is -0.0174. The minimum absolute atomic E-state index is 0. The van der Waals surface area contributed by atoms with Crippen molar-refractivity contribution in [1.82, 2.24) is 0 Å². The first-order chi connectivity index (χ1) is 3.27. The second-order valence-corrected chi connectivity index (χ2v) is 1.11. The molecule has 8 heavy (non-hydrogen) atoms. The minimum Gasteiger partial charge on any atom is -0.550 e. The molecule has 4 heteroatoms. The van der Waals surface area contributed by atoms with Crippen LogP contribution in [0, 0.1) is 0 Å². The summed E-state index contributed by atoms with van der Waals surface area (Å²) in [5.41, 5.74) is 0. The number of rotatable bonds is 3. The summed E-state index contributed by atoms with van der Waals surface area (Å²) < 4.78 is 4.43. The first-order valence-electron chi connectivity index (χ1n) is 1.96. The molecule has 0 aliphatic rings. The third-order valence-electron chi connectivity index (χ3n) is 0.510. The number of hydrogen-bond donors (Lipinski definition) is 0. The number of aliphatic carboxylic acids is 1. The van der Waals surface area contributed by atoms with Crippen molar-refractivity contribution in [1.29, 1.82) is 0 Å². The zero-order valence-electron chi connectivity index (χ0n) is 5.14. The van der Waals surface area contributed by atoms with Gasteiger partial charge < -0.3 is 14.6 Å². The molecule has 0 atom stereocenters. The molecule has 0 rings (SSSR count). The van der Waals surface area contributed by atoms with Gasteiger partial charge in [0.15, 0.2) is 0 Å². The molecule has 0 aromatic heterocycles. The molecule has 0 saturated carbocycles. The molecule has 0 bridgehead atoms. The van der Waals surface area contributed by atoms with Gasteiger partial charge >= 0.3 is 51.4 Å². The molecule has 0 radical (unpaired) electrons. The van der Waals surface area contributed by atoms with Crippen molar-refractivity contribution < 1.29 is 66.0 Å². The number of carboxylic acids is 1. The van der Waals surface area contributed by atoms with Crippen molar-refractivity contribution in [2.24, 2.45) is 0 Å². The maximum absolute atomic E-state index is 9.57. The van der Waals surface area contributed by atoms with Crippen molar-refractivity contribution in [2.45, 2.75) is 6.42 Å². The predicted octanol–water partition coefficient (Wildman–Crippen LogP) is -4.22. The standard InChI is InChI=1S/C4H8O3.K/c1-7-3-2-4(5)6;/h2-3H2,1H3,(H,5,6);/q;+1/p-1. The van der Waals surface area contributed by atoms with E-state index in [1.54, 1.807) is 0 Å². The maximum atomic E-state index is 9.57. The van der Waals surface area contributed by atoms with Gasteiger partial charge in [0.25, 0.3) is 0 Å². The van der Waals surface area contributed by atoms with Crippen LogP contribution in [-0.4, -0.2) is 19.7 Å². The Morgan fingerprint density at radius 2 is 2.25 bits per heavy atom. The minimum atomic E-state index is -1.07. The van der Waals surface area contributed by atoms with Gasteiger partial charge in [-0.2, -0.15) is 0 Å². The van der Waals surface area contributed by atoms with Crippen molar-refractivity contribution >= 4 is 5.97 Å². The van der Waals surface area contributed by atoms with Crippen LogP contribution in [0.5, 0.6) is 0 Å². The van der Waals surface area contributed by atoms with Crippen LogP contribution in [0.25, 0.3) is 0 Å². The van der Waals surface area contributed by atoms with Gasteiger partial charge in [0.1, 0.15) is 0 Å². The Kier molecular flexibility index (Phi) is 11.9. The quantitative estimate of drug-likeness (QED) is 0.375. The average Bonchev–Trinajstić information content (AvgIpc) is 1.61. The van der Waals surface area contributed by atoms with E-state index in [9.17, 15) is 9.90 Å². The van der Waals surface area contributed by atoms with Gasteiger partial charge in [0, 0.05) is 19.5 Å². The van der Waals surface area contributed by atoms with E-state index >= 15 is 0 Å². The third-order valence-corrected chi connectivity index (χ3v) is 0.510. The molecule has 0 aliphatic heterocycles. The summed E-state index contributed by atoms with van der Waals surface area (Å²) in [5.74, 6) is -1.07. The zero-order chi connectivity index (χ0) is 5.70. The number of methoxy groups -OCH3 is 1. The van der Waals surface area contributed by atoms with Gasteiger partial charge in [-0.25, -0.2) is 0 Å². The van der Waals surface area contributed by atoms with Gasteiger partial charge in [-0.3, -0.25) is 0 Å². The largest absolute Gasteiger partial charge is 1.00 e. The van der Waals surface area contributed by atoms with E-state index in [0.29, 0.717) is 0 Å². The van der Waals surface area contributed by atoms with Crippen LogP contribution in [0.4, 0.5) is 0 Å². The van der Waals surface area contributed by atoms with Crippen molar-refractivity contribution in [3.63, 3.8) is 0 Å². The van der Waals surface area contributed by atoms with Crippen molar-refractivity contribution in [3.8, 4) is 0 Å². The Balaban J connectivity index is 0. The molecule has 0 unspecified atom stereocenters. The van der Waals surface area contributed by atoms with Crippen LogP contribution in [-0.2, 0) is 9.53 Å². The summed E-state index contributed by atoms with van der Waals surface area (Å²) in [6, 6.07) is 0. The van der Waals surface area contributed by atoms with Crippen LogP contribution in [0.3, 0.4) is 0 Å². The molecule has 0 fully saturated rings. The van der Waals surface area contributed by atoms with Crippen LogP contribution in [0.15, 0.2) is 0 Å². The van der Waals surface area contributed by atoms with Gasteiger partial charge in [-0.15, -0.1) is 0 Å². The van der Waals surface area contributed by atoms with E-state index in [1.807, 2.05) is 0 Å². The fourth-order valence-corrected chi connectivity index (χ4v) is 0.185. The molecular weight excluding hydrogens is 135 g/mol. The van der Waals surface area contributed by atoms with E-state index in [0.717, 1.165) is 0 Å². The van der Waals surface area contributed by atoms with E-state index in [4.69, 9.17) is 0 Å². The summed E-state index contributed by atoms with van der Waals surface area (Å²) in [6.45, 7) is 0.238. The number of carboxylic acid groups (broad SMARTS) is 1. The topological polar surface area (TPSA) is 49.4 Å². The zero-order valence-corrected chi connectivity index (χ0v) is 8.26. The normalized spacial score (nSPS) is 7.62. The SMILES string of the molecule is COCCC(=O)[O-].[K+]. The second-order valence-electron chi connectivity index (χ2n) is 1.11. The van der Waals surface area contributed by atoms with Crippen LogP contribution in [0.1, 0.15) is 6.42 Å². The Labute approximate surface area is 90.8 Å². The van der Waals surface area contributed by atoms with E-state index in [1.165, 1.54) is 7.11 Å². The molecule has 0 aliphatic carbocycles. The Hall–Kier alpha value is 1.07. The Morgan fingerprint density at radius 3 is 2.38 bits per heavy atom. The molecule has 42 valence electrons. The van der Waals surface area contributed by atoms with E-state index in [2.05, 4.69) is 4.74 Å². The molecule has 3 nitrogen and oxygen atoms in total. The molecular formula is C4H7KO3. The molecule has 0 spiro atoms. The molecule has 0 N–H and O–H groups in total. The first kappa shape index (κ1) is 11.8. The number of carbonyl (C=O) groups is 1. The van der Waals surface area contributed by atoms with E-state index in [-0.39, 0.29) is 64.4 Å². The average molecular weight is 142 g/mol. The summed E-state index contributed by atoms with van der Waals surface area (Å²) >= 11 is 0. The maximum Gasteiger partial charge on any atom is 1.00 e. The molecule has 0 saturated heterocycles. The Morgan fingerprint density at radius 1 is 1.75 bits per heavy atom. The van der Waals surface area contributed by atoms with Gasteiger partial charge in [0.05, 0.1) is 6.61 Å². The van der Waals surface area contributed by atoms with Crippen LogP contribution >= 0.6 is 0 Å². The first-order valence-corrected chi connectivity index (χ1v) is 1.96. The Bertz CT molecular complexity index is 64.3. The molecule has 0 aromatic rings. The fraction of sp³-hybridized carbons (Fsp3) is 0.750. The van der Waals surface area contributed by atoms with Gasteiger partial charge in [-0.05, 0) is 0 Å². The molecule has 0 aromatic carbocycles. The molecule has 0 amide bonds. The summed E-state index contributed by atoms with van der Waals surface area (Å²) in [5, 5.41) is 9.57. The second kappa shape index (κ2) is 8.07. The summed E-state index contributed by atoms with van der Waals surface area (Å²) in [4.78, 5) is 9.57. The fourth-order valence-electron chi connectivity index (χ4n) is 0.185. The van der Waals surface area contributed by atoms with Crippen molar-refractivity contribution in [3.05, 3.63) is 0 Å². The van der Waals surface area contributed by atoms with Crippen LogP contribution < -0.4 is 56.5 Å². The smallest absolute Gasteiger partial charge is 0.550 e. The predicted molar refractivity (Wildman–Crippen MR) is 21.5 cm³/mol. The van der Waals surface area contributed by atoms with Gasteiger partial charge in [-0.1, -0.05) is 0 Å². The van der Waals surface area contributed by atoms with Gasteiger partial charge in [0.2, 0.25) is 0 Å². The third kappa shape index (κ3) is 10.1. The molecule has 0 heterocycles. The van der Waals surface area contributed by atoms with Crippen molar-refractivity contribution in [2.75, 3.05) is 13.7 Å².